The smallest absolute Gasteiger partial charge is 0.227 e. The zero-order valence-corrected chi connectivity index (χ0v) is 11.3. The Balaban J connectivity index is 0.00000144. The normalized spacial score (nSPS) is 30.4. The van der Waals surface area contributed by atoms with Crippen molar-refractivity contribution in [2.24, 2.45) is 5.41 Å². The minimum Gasteiger partial charge on any atom is -0.381 e. The van der Waals surface area contributed by atoms with Gasteiger partial charge >= 0.3 is 0 Å². The Morgan fingerprint density at radius 1 is 1.41 bits per heavy atom. The Morgan fingerprint density at radius 2 is 2.12 bits per heavy atom. The number of carbonyl (C=O) groups excluding carboxylic acids is 1. The average molecular weight is 263 g/mol. The summed E-state index contributed by atoms with van der Waals surface area (Å²) in [4.78, 5) is 12.2. The van der Waals surface area contributed by atoms with Gasteiger partial charge in [0.15, 0.2) is 0 Å². The van der Waals surface area contributed by atoms with Crippen molar-refractivity contribution < 1.29 is 9.53 Å². The van der Waals surface area contributed by atoms with Crippen LogP contribution in [0.4, 0.5) is 0 Å². The first-order chi connectivity index (χ1) is 7.71. The van der Waals surface area contributed by atoms with Crippen molar-refractivity contribution >= 4 is 18.3 Å². The van der Waals surface area contributed by atoms with Gasteiger partial charge < -0.3 is 15.4 Å². The van der Waals surface area contributed by atoms with E-state index in [4.69, 9.17) is 4.74 Å². The van der Waals surface area contributed by atoms with Gasteiger partial charge in [0.05, 0.1) is 5.41 Å². The number of carbonyl (C=O) groups is 1. The maximum absolute atomic E-state index is 12.2. The molecule has 2 aliphatic rings. The van der Waals surface area contributed by atoms with Gasteiger partial charge in [0.25, 0.3) is 0 Å². The molecule has 0 saturated carbocycles. The molecule has 2 aliphatic heterocycles. The first-order valence-electron chi connectivity index (χ1n) is 6.30. The fourth-order valence-electron chi connectivity index (χ4n) is 2.45. The third-order valence-electron chi connectivity index (χ3n) is 3.70. The predicted molar refractivity (Wildman–Crippen MR) is 69.4 cm³/mol. The lowest BCUT2D eigenvalue weighted by atomic mass is 9.81. The van der Waals surface area contributed by atoms with Crippen LogP contribution in [0.2, 0.25) is 0 Å². The zero-order valence-electron chi connectivity index (χ0n) is 10.5. The summed E-state index contributed by atoms with van der Waals surface area (Å²) in [6.45, 7) is 5.47. The average Bonchev–Trinajstić information content (AvgIpc) is 2.31. The standard InChI is InChI=1S/C12H22N2O2.ClH/c1-12(5-2-6-13-9-12)11(15)14-10-3-7-16-8-4-10;/h10,13H,2-9H2,1H3,(H,14,15);1H. The van der Waals surface area contributed by atoms with Crippen molar-refractivity contribution in [2.45, 2.75) is 38.6 Å². The molecular weight excluding hydrogens is 240 g/mol. The van der Waals surface area contributed by atoms with Gasteiger partial charge in [-0.25, -0.2) is 0 Å². The van der Waals surface area contributed by atoms with Crippen LogP contribution >= 0.6 is 12.4 Å². The predicted octanol–water partition coefficient (Wildman–Crippen LogP) is 1.09. The van der Waals surface area contributed by atoms with Crippen LogP contribution in [0, 0.1) is 5.41 Å². The Labute approximate surface area is 109 Å². The highest BCUT2D eigenvalue weighted by atomic mass is 35.5. The summed E-state index contributed by atoms with van der Waals surface area (Å²) >= 11 is 0. The van der Waals surface area contributed by atoms with E-state index in [1.54, 1.807) is 0 Å². The molecule has 2 fully saturated rings. The molecule has 1 atom stereocenters. The quantitative estimate of drug-likeness (QED) is 0.783. The monoisotopic (exact) mass is 262 g/mol. The highest BCUT2D eigenvalue weighted by molar-refractivity contribution is 5.85. The summed E-state index contributed by atoms with van der Waals surface area (Å²) in [5.41, 5.74) is -0.212. The molecule has 0 aromatic heterocycles. The number of halogens is 1. The first-order valence-corrected chi connectivity index (χ1v) is 6.30. The number of hydrogen-bond acceptors (Lipinski definition) is 3. The summed E-state index contributed by atoms with van der Waals surface area (Å²) in [6.07, 6.45) is 4.00. The van der Waals surface area contributed by atoms with Gasteiger partial charge in [-0.3, -0.25) is 4.79 Å². The number of hydrogen-bond donors (Lipinski definition) is 2. The van der Waals surface area contributed by atoms with Crippen LogP contribution in [0.3, 0.4) is 0 Å². The van der Waals surface area contributed by atoms with Crippen LogP contribution in [0.5, 0.6) is 0 Å². The summed E-state index contributed by atoms with van der Waals surface area (Å²) in [7, 11) is 0. The van der Waals surface area contributed by atoms with Crippen molar-refractivity contribution in [3.8, 4) is 0 Å². The molecule has 0 aliphatic carbocycles. The molecule has 4 nitrogen and oxygen atoms in total. The molecule has 100 valence electrons. The molecule has 5 heteroatoms. The van der Waals surface area contributed by atoms with Crippen molar-refractivity contribution in [1.82, 2.24) is 10.6 Å². The van der Waals surface area contributed by atoms with Gasteiger partial charge in [-0.15, -0.1) is 12.4 Å². The highest BCUT2D eigenvalue weighted by Crippen LogP contribution is 2.26. The molecular formula is C12H23ClN2O2. The molecule has 1 unspecified atom stereocenters. The second-order valence-electron chi connectivity index (χ2n) is 5.20. The Bertz CT molecular complexity index is 249. The molecule has 17 heavy (non-hydrogen) atoms. The van der Waals surface area contributed by atoms with E-state index in [0.29, 0.717) is 6.04 Å². The Hall–Kier alpha value is -0.320. The SMILES string of the molecule is CC1(C(=O)NC2CCOCC2)CCCNC1.Cl. The minimum absolute atomic E-state index is 0. The summed E-state index contributed by atoms with van der Waals surface area (Å²) < 4.78 is 5.29. The molecule has 0 aromatic rings. The summed E-state index contributed by atoms with van der Waals surface area (Å²) in [5, 5.41) is 6.48. The third kappa shape index (κ3) is 3.83. The van der Waals surface area contributed by atoms with Crippen LogP contribution in [0.1, 0.15) is 32.6 Å². The molecule has 2 N–H and O–H groups in total. The van der Waals surface area contributed by atoms with Crippen LogP contribution in [0.15, 0.2) is 0 Å². The molecule has 2 heterocycles. The maximum Gasteiger partial charge on any atom is 0.227 e. The fraction of sp³-hybridized carbons (Fsp3) is 0.917. The first kappa shape index (κ1) is 14.7. The Kier molecular flexibility index (Phi) is 5.70. The lowest BCUT2D eigenvalue weighted by molar-refractivity contribution is -0.132. The molecule has 2 saturated heterocycles. The van der Waals surface area contributed by atoms with E-state index in [1.165, 1.54) is 0 Å². The maximum atomic E-state index is 12.2. The molecule has 0 aromatic carbocycles. The van der Waals surface area contributed by atoms with Crippen LogP contribution in [-0.2, 0) is 9.53 Å². The van der Waals surface area contributed by atoms with Gasteiger partial charge in [0, 0.05) is 25.8 Å². The molecule has 1 amide bonds. The van der Waals surface area contributed by atoms with Gasteiger partial charge in [0.2, 0.25) is 5.91 Å². The van der Waals surface area contributed by atoms with Gasteiger partial charge in [-0.2, -0.15) is 0 Å². The molecule has 0 radical (unpaired) electrons. The topological polar surface area (TPSA) is 50.4 Å². The number of piperidine rings is 1. The lowest BCUT2D eigenvalue weighted by Gasteiger charge is -2.35. The van der Waals surface area contributed by atoms with E-state index >= 15 is 0 Å². The molecule has 2 rings (SSSR count). The van der Waals surface area contributed by atoms with Gasteiger partial charge in [0.1, 0.15) is 0 Å². The van der Waals surface area contributed by atoms with Crippen molar-refractivity contribution in [2.75, 3.05) is 26.3 Å². The van der Waals surface area contributed by atoms with E-state index in [9.17, 15) is 4.79 Å². The Morgan fingerprint density at radius 3 is 2.71 bits per heavy atom. The number of rotatable bonds is 2. The van der Waals surface area contributed by atoms with E-state index < -0.39 is 0 Å². The fourth-order valence-corrected chi connectivity index (χ4v) is 2.45. The van der Waals surface area contributed by atoms with Crippen LogP contribution in [-0.4, -0.2) is 38.3 Å². The largest absolute Gasteiger partial charge is 0.381 e. The van der Waals surface area contributed by atoms with Crippen molar-refractivity contribution in [3.63, 3.8) is 0 Å². The van der Waals surface area contributed by atoms with Crippen molar-refractivity contribution in [1.29, 1.82) is 0 Å². The minimum atomic E-state index is -0.212. The number of nitrogens with one attached hydrogen (secondary N) is 2. The third-order valence-corrected chi connectivity index (χ3v) is 3.70. The zero-order chi connectivity index (χ0) is 11.4. The van der Waals surface area contributed by atoms with Gasteiger partial charge in [-0.1, -0.05) is 0 Å². The second-order valence-corrected chi connectivity index (χ2v) is 5.20. The van der Waals surface area contributed by atoms with E-state index in [1.807, 2.05) is 0 Å². The molecule has 0 spiro atoms. The van der Waals surface area contributed by atoms with E-state index in [2.05, 4.69) is 17.6 Å². The molecule has 0 bridgehead atoms. The lowest BCUT2D eigenvalue weighted by Crippen LogP contribution is -2.52. The second kappa shape index (κ2) is 6.57. The number of amides is 1. The van der Waals surface area contributed by atoms with E-state index in [0.717, 1.165) is 52.0 Å². The van der Waals surface area contributed by atoms with E-state index in [-0.39, 0.29) is 23.7 Å². The summed E-state index contributed by atoms with van der Waals surface area (Å²) in [6, 6.07) is 0.319. The van der Waals surface area contributed by atoms with Crippen LogP contribution in [0.25, 0.3) is 0 Å². The number of ether oxygens (including phenoxy) is 1. The summed E-state index contributed by atoms with van der Waals surface area (Å²) in [5.74, 6) is 0.214. The highest BCUT2D eigenvalue weighted by Gasteiger charge is 2.35. The van der Waals surface area contributed by atoms with Crippen LogP contribution < -0.4 is 10.6 Å². The van der Waals surface area contributed by atoms with Crippen molar-refractivity contribution in [3.05, 3.63) is 0 Å². The van der Waals surface area contributed by atoms with Gasteiger partial charge in [-0.05, 0) is 39.2 Å².